The Bertz CT molecular complexity index is 787. The summed E-state index contributed by atoms with van der Waals surface area (Å²) in [5.41, 5.74) is 6.02. The Morgan fingerprint density at radius 1 is 1.17 bits per heavy atom. The molecule has 0 spiro atoms. The molecule has 1 aromatic carbocycles. The maximum absolute atomic E-state index is 9.94. The van der Waals surface area contributed by atoms with Crippen molar-refractivity contribution in [3.8, 4) is 17.4 Å². The predicted octanol–water partition coefficient (Wildman–Crippen LogP) is 2.13. The fourth-order valence-corrected chi connectivity index (χ4v) is 2.33. The van der Waals surface area contributed by atoms with Gasteiger partial charge in [-0.1, -0.05) is 0 Å². The highest BCUT2D eigenvalue weighted by molar-refractivity contribution is 6.02. The summed E-state index contributed by atoms with van der Waals surface area (Å²) < 4.78 is 10.9. The van der Waals surface area contributed by atoms with Gasteiger partial charge in [0, 0.05) is 0 Å². The number of methoxy groups -OCH3 is 1. The molecular formula is C16H19N5O3. The molecule has 0 bridgehead atoms. The number of rotatable bonds is 4. The van der Waals surface area contributed by atoms with E-state index in [0.29, 0.717) is 17.3 Å². The lowest BCUT2D eigenvalue weighted by atomic mass is 9.96. The molecule has 8 heteroatoms. The van der Waals surface area contributed by atoms with E-state index in [-0.39, 0.29) is 24.1 Å². The molecule has 24 heavy (non-hydrogen) atoms. The van der Waals surface area contributed by atoms with Crippen molar-refractivity contribution in [2.45, 2.75) is 19.4 Å². The molecule has 0 aliphatic carbocycles. The van der Waals surface area contributed by atoms with Gasteiger partial charge in [-0.25, -0.2) is 4.99 Å². The summed E-state index contributed by atoms with van der Waals surface area (Å²) >= 11 is 0. The van der Waals surface area contributed by atoms with Gasteiger partial charge in [0.1, 0.15) is 18.1 Å². The number of benzene rings is 1. The highest BCUT2D eigenvalue weighted by atomic mass is 16.5. The molecule has 0 atom stereocenters. The lowest BCUT2D eigenvalue weighted by Crippen LogP contribution is -2.45. The summed E-state index contributed by atoms with van der Waals surface area (Å²) in [6.07, 6.45) is 0. The van der Waals surface area contributed by atoms with E-state index in [9.17, 15) is 5.11 Å². The molecule has 4 N–H and O–H groups in total. The molecular weight excluding hydrogens is 310 g/mol. The van der Waals surface area contributed by atoms with Crippen LogP contribution >= 0.6 is 0 Å². The zero-order valence-electron chi connectivity index (χ0n) is 13.7. The van der Waals surface area contributed by atoms with E-state index in [2.05, 4.69) is 20.3 Å². The topological polar surface area (TPSA) is 115 Å². The molecule has 1 aliphatic heterocycles. The van der Waals surface area contributed by atoms with E-state index in [0.717, 1.165) is 5.75 Å². The first-order valence-corrected chi connectivity index (χ1v) is 7.38. The number of hydrogen-bond donors (Lipinski definition) is 3. The Hall–Kier alpha value is -3.03. The van der Waals surface area contributed by atoms with Gasteiger partial charge >= 0.3 is 0 Å². The normalized spacial score (nSPS) is 15.0. The third-order valence-electron chi connectivity index (χ3n) is 3.72. The summed E-state index contributed by atoms with van der Waals surface area (Å²) in [4.78, 5) is 12.3. The monoisotopic (exact) mass is 329 g/mol. The zero-order valence-corrected chi connectivity index (χ0v) is 13.7. The van der Waals surface area contributed by atoms with E-state index in [1.807, 2.05) is 38.1 Å². The fraction of sp³-hybridized carbons (Fsp3) is 0.312. The number of aromatic hydroxyl groups is 1. The molecule has 0 amide bonds. The minimum atomic E-state index is -0.507. The van der Waals surface area contributed by atoms with Crippen molar-refractivity contribution in [3.05, 3.63) is 24.3 Å². The van der Waals surface area contributed by atoms with Gasteiger partial charge in [0.25, 0.3) is 0 Å². The molecule has 126 valence electrons. The standard InChI is InChI=1S/C16H19N5O3/c1-16(2)11(8-24-10-6-4-9(23-3)5-7-10)18-12-13(21-16)19-15(17)20-14(12)22/h4-7H,8H2,1-3H3,(H4,17,19,20,21,22). The number of nitrogens with zero attached hydrogens (tertiary/aromatic N) is 3. The second-order valence-electron chi connectivity index (χ2n) is 5.88. The van der Waals surface area contributed by atoms with Crippen LogP contribution in [0.1, 0.15) is 13.8 Å². The average molecular weight is 329 g/mol. The van der Waals surface area contributed by atoms with Crippen molar-refractivity contribution < 1.29 is 14.6 Å². The molecule has 2 heterocycles. The molecule has 0 saturated heterocycles. The second-order valence-corrected chi connectivity index (χ2v) is 5.88. The van der Waals surface area contributed by atoms with Crippen molar-refractivity contribution in [1.82, 2.24) is 9.97 Å². The first-order valence-electron chi connectivity index (χ1n) is 7.38. The zero-order chi connectivity index (χ0) is 17.3. The molecule has 0 radical (unpaired) electrons. The number of nitrogen functional groups attached to an aromatic ring is 1. The van der Waals surface area contributed by atoms with E-state index < -0.39 is 5.54 Å². The SMILES string of the molecule is COc1ccc(OCC2=Nc3c(O)nc(N)nc3NC2(C)C)cc1. The van der Waals surface area contributed by atoms with Crippen LogP contribution in [0.4, 0.5) is 17.5 Å². The number of ether oxygens (including phenoxy) is 2. The number of nitrogens with two attached hydrogens (primary N) is 1. The van der Waals surface area contributed by atoms with E-state index in [1.165, 1.54) is 0 Å². The Labute approximate surface area is 139 Å². The Kier molecular flexibility index (Phi) is 3.88. The third kappa shape index (κ3) is 3.03. The summed E-state index contributed by atoms with van der Waals surface area (Å²) in [6.45, 7) is 4.14. The molecule has 0 saturated carbocycles. The molecule has 1 aromatic heterocycles. The smallest absolute Gasteiger partial charge is 0.244 e. The third-order valence-corrected chi connectivity index (χ3v) is 3.72. The largest absolute Gasteiger partial charge is 0.497 e. The van der Waals surface area contributed by atoms with Crippen molar-refractivity contribution in [2.24, 2.45) is 4.99 Å². The first kappa shape index (κ1) is 15.9. The Morgan fingerprint density at radius 2 is 1.83 bits per heavy atom. The number of aliphatic imine (C=N–C) groups is 1. The molecule has 8 nitrogen and oxygen atoms in total. The van der Waals surface area contributed by atoms with Gasteiger partial charge in [-0.05, 0) is 38.1 Å². The van der Waals surface area contributed by atoms with Crippen LogP contribution in [0.2, 0.25) is 0 Å². The van der Waals surface area contributed by atoms with Gasteiger partial charge in [0.15, 0.2) is 11.5 Å². The quantitative estimate of drug-likeness (QED) is 0.787. The number of fused-ring (bicyclic) bond motifs is 1. The van der Waals surface area contributed by atoms with Crippen LogP contribution in [0, 0.1) is 0 Å². The lowest BCUT2D eigenvalue weighted by Gasteiger charge is -2.32. The van der Waals surface area contributed by atoms with Crippen molar-refractivity contribution in [3.63, 3.8) is 0 Å². The Balaban J connectivity index is 1.84. The second kappa shape index (κ2) is 5.88. The van der Waals surface area contributed by atoms with Gasteiger partial charge < -0.3 is 25.6 Å². The van der Waals surface area contributed by atoms with Crippen LogP contribution in [0.5, 0.6) is 17.4 Å². The van der Waals surface area contributed by atoms with E-state index in [4.69, 9.17) is 15.2 Å². The summed E-state index contributed by atoms with van der Waals surface area (Å²) in [7, 11) is 1.61. The van der Waals surface area contributed by atoms with Crippen LogP contribution in [-0.2, 0) is 0 Å². The van der Waals surface area contributed by atoms with Crippen LogP contribution in [0.3, 0.4) is 0 Å². The molecule has 3 rings (SSSR count). The maximum atomic E-state index is 9.94. The first-order chi connectivity index (χ1) is 11.4. The van der Waals surface area contributed by atoms with E-state index >= 15 is 0 Å². The maximum Gasteiger partial charge on any atom is 0.244 e. The average Bonchev–Trinajstić information content (AvgIpc) is 2.52. The minimum Gasteiger partial charge on any atom is -0.497 e. The lowest BCUT2D eigenvalue weighted by molar-refractivity contribution is 0.366. The highest BCUT2D eigenvalue weighted by Crippen LogP contribution is 2.38. The summed E-state index contributed by atoms with van der Waals surface area (Å²) in [6, 6.07) is 7.27. The number of nitrogens with one attached hydrogen (secondary N) is 1. The van der Waals surface area contributed by atoms with Gasteiger partial charge in [0.2, 0.25) is 11.8 Å². The van der Waals surface area contributed by atoms with Crippen LogP contribution < -0.4 is 20.5 Å². The molecule has 2 aromatic rings. The van der Waals surface area contributed by atoms with Gasteiger partial charge in [-0.2, -0.15) is 9.97 Å². The van der Waals surface area contributed by atoms with Crippen LogP contribution in [-0.4, -0.2) is 40.0 Å². The molecule has 0 unspecified atom stereocenters. The van der Waals surface area contributed by atoms with Gasteiger partial charge in [-0.3, -0.25) is 0 Å². The van der Waals surface area contributed by atoms with Crippen molar-refractivity contribution in [2.75, 3.05) is 24.8 Å². The van der Waals surface area contributed by atoms with Crippen LogP contribution in [0.15, 0.2) is 29.3 Å². The van der Waals surface area contributed by atoms with Crippen LogP contribution in [0.25, 0.3) is 0 Å². The van der Waals surface area contributed by atoms with Crippen molar-refractivity contribution in [1.29, 1.82) is 0 Å². The Morgan fingerprint density at radius 3 is 2.50 bits per heavy atom. The number of anilines is 2. The molecule has 0 fully saturated rings. The van der Waals surface area contributed by atoms with Gasteiger partial charge in [0.05, 0.1) is 18.4 Å². The highest BCUT2D eigenvalue weighted by Gasteiger charge is 2.33. The predicted molar refractivity (Wildman–Crippen MR) is 91.4 cm³/mol. The van der Waals surface area contributed by atoms with Gasteiger partial charge in [-0.15, -0.1) is 0 Å². The number of hydrogen-bond acceptors (Lipinski definition) is 8. The summed E-state index contributed by atoms with van der Waals surface area (Å²) in [5.74, 6) is 1.58. The molecule has 1 aliphatic rings. The minimum absolute atomic E-state index is 0.0114. The number of aromatic nitrogens is 2. The fourth-order valence-electron chi connectivity index (χ4n) is 2.33. The summed E-state index contributed by atoms with van der Waals surface area (Å²) in [5, 5.41) is 13.1. The van der Waals surface area contributed by atoms with Crippen molar-refractivity contribution >= 4 is 23.2 Å². The van der Waals surface area contributed by atoms with E-state index in [1.54, 1.807) is 7.11 Å².